The zero-order valence-corrected chi connectivity index (χ0v) is 13.2. The van der Waals surface area contributed by atoms with Crippen molar-refractivity contribution in [3.05, 3.63) is 35.9 Å². The first-order valence-corrected chi connectivity index (χ1v) is 8.13. The van der Waals surface area contributed by atoms with Crippen LogP contribution in [0.2, 0.25) is 0 Å². The molecule has 1 aromatic heterocycles. The summed E-state index contributed by atoms with van der Waals surface area (Å²) in [6.45, 7) is 6.37. The van der Waals surface area contributed by atoms with Crippen LogP contribution in [0, 0.1) is 5.41 Å². The summed E-state index contributed by atoms with van der Waals surface area (Å²) in [5, 5.41) is 10.0. The van der Waals surface area contributed by atoms with Gasteiger partial charge in [0, 0.05) is 29.0 Å². The Balaban J connectivity index is 2.11. The van der Waals surface area contributed by atoms with Gasteiger partial charge in [-0.25, -0.2) is 4.98 Å². The van der Waals surface area contributed by atoms with E-state index in [2.05, 4.69) is 18.7 Å². The number of nitrogen functional groups attached to an aromatic ring is 1. The maximum Gasteiger partial charge on any atom is 0.140 e. The number of hydrogen-bond donors (Lipinski definition) is 2. The third kappa shape index (κ3) is 2.83. The van der Waals surface area contributed by atoms with Crippen LogP contribution in [-0.2, 0) is 0 Å². The Morgan fingerprint density at radius 2 is 1.95 bits per heavy atom. The molecule has 1 aromatic carbocycles. The second-order valence-corrected chi connectivity index (χ2v) is 7.51. The predicted molar refractivity (Wildman–Crippen MR) is 91.5 cm³/mol. The Kier molecular flexibility index (Phi) is 3.76. The van der Waals surface area contributed by atoms with E-state index in [1.54, 1.807) is 0 Å². The Morgan fingerprint density at radius 1 is 1.29 bits per heavy atom. The molecule has 0 bridgehead atoms. The number of amidine groups is 1. The SMILES string of the molecule is CC1CN(c2nc3ccccc3cc2C(=N)N)CC(C)S1. The topological polar surface area (TPSA) is 66.0 Å². The summed E-state index contributed by atoms with van der Waals surface area (Å²) in [5.41, 5.74) is 7.48. The first kappa shape index (κ1) is 14.2. The van der Waals surface area contributed by atoms with E-state index >= 15 is 0 Å². The number of fused-ring (bicyclic) bond motifs is 1. The highest BCUT2D eigenvalue weighted by Crippen LogP contribution is 2.30. The molecule has 2 heterocycles. The number of thioether (sulfide) groups is 1. The van der Waals surface area contributed by atoms with E-state index in [-0.39, 0.29) is 5.84 Å². The fourth-order valence-electron chi connectivity index (χ4n) is 2.90. The Bertz CT molecular complexity index is 675. The van der Waals surface area contributed by atoms with Gasteiger partial charge in [-0.3, -0.25) is 5.41 Å². The van der Waals surface area contributed by atoms with Crippen LogP contribution >= 0.6 is 11.8 Å². The lowest BCUT2D eigenvalue weighted by Gasteiger charge is -2.36. The van der Waals surface area contributed by atoms with E-state index in [1.807, 2.05) is 42.1 Å². The molecule has 3 N–H and O–H groups in total. The van der Waals surface area contributed by atoms with E-state index < -0.39 is 0 Å². The average molecular weight is 300 g/mol. The third-order valence-corrected chi connectivity index (χ3v) is 4.94. The minimum absolute atomic E-state index is 0.0850. The van der Waals surface area contributed by atoms with Gasteiger partial charge in [0.2, 0.25) is 0 Å². The van der Waals surface area contributed by atoms with Gasteiger partial charge in [-0.2, -0.15) is 11.8 Å². The lowest BCUT2D eigenvalue weighted by atomic mass is 10.1. The number of rotatable bonds is 2. The molecule has 4 nitrogen and oxygen atoms in total. The van der Waals surface area contributed by atoms with E-state index in [0.717, 1.165) is 35.4 Å². The van der Waals surface area contributed by atoms with Gasteiger partial charge in [-0.1, -0.05) is 32.0 Å². The molecule has 0 aliphatic carbocycles. The molecule has 0 saturated carbocycles. The normalized spacial score (nSPS) is 22.5. The van der Waals surface area contributed by atoms with Crippen molar-refractivity contribution >= 4 is 34.3 Å². The molecule has 2 atom stereocenters. The third-order valence-electron chi connectivity index (χ3n) is 3.71. The zero-order valence-electron chi connectivity index (χ0n) is 12.3. The number of nitrogens with two attached hydrogens (primary N) is 1. The van der Waals surface area contributed by atoms with Crippen molar-refractivity contribution in [2.45, 2.75) is 24.3 Å². The highest BCUT2D eigenvalue weighted by molar-refractivity contribution is 8.00. The summed E-state index contributed by atoms with van der Waals surface area (Å²) >= 11 is 2.00. The van der Waals surface area contributed by atoms with Crippen LogP contribution in [0.3, 0.4) is 0 Å². The Morgan fingerprint density at radius 3 is 2.62 bits per heavy atom. The van der Waals surface area contributed by atoms with E-state index in [0.29, 0.717) is 10.5 Å². The highest BCUT2D eigenvalue weighted by Gasteiger charge is 2.25. The molecule has 0 spiro atoms. The molecule has 5 heteroatoms. The second-order valence-electron chi connectivity index (χ2n) is 5.63. The molecule has 1 aliphatic heterocycles. The maximum atomic E-state index is 7.88. The molecule has 1 saturated heterocycles. The summed E-state index contributed by atoms with van der Waals surface area (Å²) in [6, 6.07) is 9.97. The summed E-state index contributed by atoms with van der Waals surface area (Å²) in [4.78, 5) is 7.06. The van der Waals surface area contributed by atoms with E-state index in [4.69, 9.17) is 16.1 Å². The van der Waals surface area contributed by atoms with Crippen LogP contribution in [-0.4, -0.2) is 34.4 Å². The number of hydrogen-bond acceptors (Lipinski definition) is 4. The number of aromatic nitrogens is 1. The van der Waals surface area contributed by atoms with Gasteiger partial charge in [-0.05, 0) is 12.1 Å². The molecule has 1 aliphatic rings. The predicted octanol–water partition coefficient (Wildman–Crippen LogP) is 2.85. The standard InChI is InChI=1S/C16H20N4S/c1-10-8-20(9-11(2)21-10)16-13(15(17)18)7-12-5-3-4-6-14(12)19-16/h3-7,10-11H,8-9H2,1-2H3,(H3,17,18). The van der Waals surface area contributed by atoms with Crippen LogP contribution in [0.25, 0.3) is 10.9 Å². The average Bonchev–Trinajstić information content (AvgIpc) is 2.44. The van der Waals surface area contributed by atoms with Gasteiger partial charge in [-0.15, -0.1) is 0 Å². The van der Waals surface area contributed by atoms with Gasteiger partial charge in [0.25, 0.3) is 0 Å². The monoisotopic (exact) mass is 300 g/mol. The Labute approximate surface area is 129 Å². The highest BCUT2D eigenvalue weighted by atomic mass is 32.2. The van der Waals surface area contributed by atoms with Crippen LogP contribution in [0.4, 0.5) is 5.82 Å². The molecular weight excluding hydrogens is 280 g/mol. The molecule has 1 fully saturated rings. The van der Waals surface area contributed by atoms with Crippen LogP contribution < -0.4 is 10.6 Å². The summed E-state index contributed by atoms with van der Waals surface area (Å²) < 4.78 is 0. The zero-order chi connectivity index (χ0) is 15.0. The van der Waals surface area contributed by atoms with Crippen molar-refractivity contribution in [3.63, 3.8) is 0 Å². The van der Waals surface area contributed by atoms with Gasteiger partial charge in [0.1, 0.15) is 11.7 Å². The van der Waals surface area contributed by atoms with Crippen LogP contribution in [0.5, 0.6) is 0 Å². The maximum absolute atomic E-state index is 7.88. The van der Waals surface area contributed by atoms with Crippen molar-refractivity contribution in [3.8, 4) is 0 Å². The number of pyridine rings is 1. The minimum atomic E-state index is 0.0850. The van der Waals surface area contributed by atoms with Gasteiger partial charge in [0.05, 0.1) is 11.1 Å². The van der Waals surface area contributed by atoms with Gasteiger partial charge in [0.15, 0.2) is 0 Å². The molecule has 0 amide bonds. The lowest BCUT2D eigenvalue weighted by Crippen LogP contribution is -2.41. The van der Waals surface area contributed by atoms with Gasteiger partial charge >= 0.3 is 0 Å². The molecule has 2 unspecified atom stereocenters. The smallest absolute Gasteiger partial charge is 0.140 e. The van der Waals surface area contributed by atoms with Crippen molar-refractivity contribution in [1.29, 1.82) is 5.41 Å². The van der Waals surface area contributed by atoms with Crippen LogP contribution in [0.1, 0.15) is 19.4 Å². The van der Waals surface area contributed by atoms with Crippen molar-refractivity contribution in [2.75, 3.05) is 18.0 Å². The number of anilines is 1. The summed E-state index contributed by atoms with van der Waals surface area (Å²) in [6.07, 6.45) is 0. The largest absolute Gasteiger partial charge is 0.384 e. The molecule has 110 valence electrons. The molecule has 2 aromatic rings. The molecule has 0 radical (unpaired) electrons. The fraction of sp³-hybridized carbons (Fsp3) is 0.375. The van der Waals surface area contributed by atoms with Gasteiger partial charge < -0.3 is 10.6 Å². The summed E-state index contributed by atoms with van der Waals surface area (Å²) in [5.74, 6) is 0.932. The quantitative estimate of drug-likeness (QED) is 0.661. The molecule has 21 heavy (non-hydrogen) atoms. The van der Waals surface area contributed by atoms with E-state index in [1.165, 1.54) is 0 Å². The fourth-order valence-corrected chi connectivity index (χ4v) is 4.22. The van der Waals surface area contributed by atoms with Crippen LogP contribution in [0.15, 0.2) is 30.3 Å². The number of benzene rings is 1. The first-order valence-electron chi connectivity index (χ1n) is 7.19. The molecule has 3 rings (SSSR count). The minimum Gasteiger partial charge on any atom is -0.384 e. The van der Waals surface area contributed by atoms with Crippen molar-refractivity contribution in [2.24, 2.45) is 5.73 Å². The van der Waals surface area contributed by atoms with Crippen molar-refractivity contribution < 1.29 is 0 Å². The number of nitrogens with zero attached hydrogens (tertiary/aromatic N) is 2. The number of nitrogens with one attached hydrogen (secondary N) is 1. The number of para-hydroxylation sites is 1. The Hall–Kier alpha value is -1.75. The van der Waals surface area contributed by atoms with E-state index in [9.17, 15) is 0 Å². The first-order chi connectivity index (χ1) is 10.0. The lowest BCUT2D eigenvalue weighted by molar-refractivity contribution is 0.719. The second kappa shape index (κ2) is 5.56. The van der Waals surface area contributed by atoms with Crippen molar-refractivity contribution in [1.82, 2.24) is 4.98 Å². The molecular formula is C16H20N4S. The summed E-state index contributed by atoms with van der Waals surface area (Å²) in [7, 11) is 0.